The van der Waals surface area contributed by atoms with E-state index < -0.39 is 38.0 Å². The van der Waals surface area contributed by atoms with Gasteiger partial charge in [0.25, 0.3) is 0 Å². The molecular formula is C6H12O6. The molecule has 1 heterocycles. The third kappa shape index (κ3) is 1.92. The summed E-state index contributed by atoms with van der Waals surface area (Å²) in [6, 6.07) is 0. The van der Waals surface area contributed by atoms with Crippen molar-refractivity contribution in [2.75, 3.05) is 13.2 Å². The number of hydrogen-bond donors (Lipinski definition) is 4. The molecule has 0 aromatic carbocycles. The van der Waals surface area contributed by atoms with Gasteiger partial charge in [0.15, 0.2) is 12.6 Å². The van der Waals surface area contributed by atoms with Crippen LogP contribution in [0.25, 0.3) is 0 Å². The number of aliphatic hydroxyl groups is 4. The van der Waals surface area contributed by atoms with Crippen LogP contribution in [0.1, 0.15) is 0 Å². The molecular weight excluding hydrogens is 168 g/mol. The maximum Gasteiger partial charge on any atom is 0.184 e. The van der Waals surface area contributed by atoms with Crippen molar-refractivity contribution in [1.82, 2.24) is 0 Å². The first-order chi connectivity index (χ1) is 5.69. The van der Waals surface area contributed by atoms with Crippen molar-refractivity contribution in [3.05, 3.63) is 0 Å². The molecule has 12 heavy (non-hydrogen) atoms. The minimum atomic E-state index is -1.31. The predicted molar refractivity (Wildman–Crippen MR) is 35.9 cm³/mol. The van der Waals surface area contributed by atoms with Gasteiger partial charge in [0.05, 0.1) is 13.2 Å². The van der Waals surface area contributed by atoms with Crippen molar-refractivity contribution < 1.29 is 29.9 Å². The molecule has 0 bridgehead atoms. The first-order valence-corrected chi connectivity index (χ1v) is 3.57. The lowest BCUT2D eigenvalue weighted by molar-refractivity contribution is -0.338. The second-order valence-electron chi connectivity index (χ2n) is 2.50. The van der Waals surface area contributed by atoms with Crippen LogP contribution in [0, 0.1) is 0 Å². The molecule has 0 radical (unpaired) electrons. The molecule has 0 unspecified atom stereocenters. The summed E-state index contributed by atoms with van der Waals surface area (Å²) in [6.07, 6.45) is -4.53. The number of hydrogen-bond acceptors (Lipinski definition) is 6. The zero-order chi connectivity index (χ0) is 9.14. The molecule has 0 saturated carbocycles. The van der Waals surface area contributed by atoms with E-state index in [1.165, 1.54) is 0 Å². The Kier molecular flexibility index (Phi) is 3.39. The highest BCUT2D eigenvalue weighted by Gasteiger charge is 2.36. The highest BCUT2D eigenvalue weighted by atomic mass is 16.7. The van der Waals surface area contributed by atoms with Gasteiger partial charge in [-0.2, -0.15) is 0 Å². The Labute approximate surface area is 69.0 Å². The molecule has 0 amide bonds. The van der Waals surface area contributed by atoms with E-state index in [4.69, 9.17) is 29.9 Å². The van der Waals surface area contributed by atoms with Gasteiger partial charge in [-0.3, -0.25) is 0 Å². The van der Waals surface area contributed by atoms with Crippen LogP contribution in [0.5, 0.6) is 0 Å². The van der Waals surface area contributed by atoms with Crippen LogP contribution in [0.15, 0.2) is 0 Å². The quantitative estimate of drug-likeness (QED) is 0.371. The van der Waals surface area contributed by atoms with Crippen LogP contribution in [-0.2, 0) is 9.47 Å². The normalized spacial score (nSPS) is 43.0. The summed E-state index contributed by atoms with van der Waals surface area (Å²) in [5, 5.41) is 35.3. The Morgan fingerprint density at radius 2 is 1.17 bits per heavy atom. The fraction of sp³-hybridized carbons (Fsp3) is 1.00. The predicted octanol–water partition coefficient (Wildman–Crippen LogP) is -2.61. The van der Waals surface area contributed by atoms with E-state index in [2.05, 4.69) is 0 Å². The third-order valence-electron chi connectivity index (χ3n) is 1.62. The van der Waals surface area contributed by atoms with Crippen molar-refractivity contribution in [3.8, 4) is 0 Å². The smallest absolute Gasteiger partial charge is 0.184 e. The molecule has 0 aromatic rings. The van der Waals surface area contributed by atoms with Gasteiger partial charge in [0, 0.05) is 0 Å². The average molecular weight is 180 g/mol. The second kappa shape index (κ2) is 4.13. The van der Waals surface area contributed by atoms with E-state index in [1.807, 2.05) is 0 Å². The SMILES string of the molecule is OC[C@@H]1O[C@@H](O)[C@@H](CO)O[C@H]1O. The van der Waals surface area contributed by atoms with Gasteiger partial charge in [-0.15, -0.1) is 0 Å². The monoisotopic (exact) mass is 180 g/mol. The van der Waals surface area contributed by atoms with E-state index in [9.17, 15) is 0 Å². The number of ether oxygens (including phenoxy) is 2. The largest absolute Gasteiger partial charge is 0.393 e. The van der Waals surface area contributed by atoms with Crippen molar-refractivity contribution in [1.29, 1.82) is 0 Å². The Hall–Kier alpha value is -0.240. The molecule has 72 valence electrons. The zero-order valence-corrected chi connectivity index (χ0v) is 6.33. The van der Waals surface area contributed by atoms with Gasteiger partial charge in [0.1, 0.15) is 12.2 Å². The summed E-state index contributed by atoms with van der Waals surface area (Å²) in [5.74, 6) is 0. The summed E-state index contributed by atoms with van der Waals surface area (Å²) in [4.78, 5) is 0. The average Bonchev–Trinajstić information content (AvgIpc) is 2.08. The molecule has 1 saturated heterocycles. The molecule has 1 aliphatic rings. The Balaban J connectivity index is 2.49. The maximum absolute atomic E-state index is 9.06. The highest BCUT2D eigenvalue weighted by molar-refractivity contribution is 4.72. The molecule has 1 fully saturated rings. The van der Waals surface area contributed by atoms with Gasteiger partial charge in [-0.1, -0.05) is 0 Å². The maximum atomic E-state index is 9.06. The van der Waals surface area contributed by atoms with Gasteiger partial charge >= 0.3 is 0 Å². The highest BCUT2D eigenvalue weighted by Crippen LogP contribution is 2.16. The first kappa shape index (κ1) is 9.85. The topological polar surface area (TPSA) is 99.4 Å². The van der Waals surface area contributed by atoms with Crippen molar-refractivity contribution >= 4 is 0 Å². The van der Waals surface area contributed by atoms with Crippen LogP contribution in [-0.4, -0.2) is 58.4 Å². The summed E-state index contributed by atoms with van der Waals surface area (Å²) in [5.41, 5.74) is 0. The summed E-state index contributed by atoms with van der Waals surface area (Å²) in [6.45, 7) is -0.896. The Morgan fingerprint density at radius 1 is 0.833 bits per heavy atom. The molecule has 1 rings (SSSR count). The van der Waals surface area contributed by atoms with Crippen molar-refractivity contribution in [2.45, 2.75) is 24.8 Å². The lowest BCUT2D eigenvalue weighted by atomic mass is 10.2. The summed E-state index contributed by atoms with van der Waals surface area (Å²) in [7, 11) is 0. The lowest BCUT2D eigenvalue weighted by Gasteiger charge is -2.35. The molecule has 0 spiro atoms. The van der Waals surface area contributed by atoms with E-state index in [-0.39, 0.29) is 0 Å². The van der Waals surface area contributed by atoms with E-state index in [0.29, 0.717) is 0 Å². The van der Waals surface area contributed by atoms with Crippen molar-refractivity contribution in [2.24, 2.45) is 0 Å². The van der Waals surface area contributed by atoms with E-state index >= 15 is 0 Å². The molecule has 0 aliphatic carbocycles. The van der Waals surface area contributed by atoms with E-state index in [0.717, 1.165) is 0 Å². The number of rotatable bonds is 2. The van der Waals surface area contributed by atoms with Crippen LogP contribution in [0.4, 0.5) is 0 Å². The Bertz CT molecular complexity index is 124. The van der Waals surface area contributed by atoms with Crippen LogP contribution in [0.2, 0.25) is 0 Å². The summed E-state index contributed by atoms with van der Waals surface area (Å²) < 4.78 is 9.44. The third-order valence-corrected chi connectivity index (χ3v) is 1.62. The van der Waals surface area contributed by atoms with Gasteiger partial charge in [0.2, 0.25) is 0 Å². The zero-order valence-electron chi connectivity index (χ0n) is 6.33. The van der Waals surface area contributed by atoms with Crippen LogP contribution in [0.3, 0.4) is 0 Å². The molecule has 1 aliphatic heterocycles. The molecule has 4 atom stereocenters. The summed E-state index contributed by atoms with van der Waals surface area (Å²) >= 11 is 0. The lowest BCUT2D eigenvalue weighted by Crippen LogP contribution is -2.51. The minimum Gasteiger partial charge on any atom is -0.393 e. The van der Waals surface area contributed by atoms with Gasteiger partial charge < -0.3 is 29.9 Å². The standard InChI is InChI=1S/C6H12O6/c7-1-3-5(9)12-4(2-8)6(10)11-3/h3-10H,1-2H2/t3-,4+,5-,6-/m1/s1. The fourth-order valence-electron chi connectivity index (χ4n) is 0.934. The van der Waals surface area contributed by atoms with Gasteiger partial charge in [-0.25, -0.2) is 0 Å². The molecule has 0 aromatic heterocycles. The fourth-order valence-corrected chi connectivity index (χ4v) is 0.934. The Morgan fingerprint density at radius 3 is 1.42 bits per heavy atom. The van der Waals surface area contributed by atoms with Crippen LogP contribution >= 0.6 is 0 Å². The van der Waals surface area contributed by atoms with Crippen LogP contribution < -0.4 is 0 Å². The second-order valence-corrected chi connectivity index (χ2v) is 2.50. The van der Waals surface area contributed by atoms with E-state index in [1.54, 1.807) is 0 Å². The first-order valence-electron chi connectivity index (χ1n) is 3.57. The minimum absolute atomic E-state index is 0.448. The molecule has 4 N–H and O–H groups in total. The van der Waals surface area contributed by atoms with Gasteiger partial charge in [-0.05, 0) is 0 Å². The van der Waals surface area contributed by atoms with Crippen molar-refractivity contribution in [3.63, 3.8) is 0 Å². The molecule has 6 nitrogen and oxygen atoms in total. The molecule has 6 heteroatoms. The number of aliphatic hydroxyl groups excluding tert-OH is 4.